The zero-order chi connectivity index (χ0) is 11.5. The number of rotatable bonds is 1. The van der Waals surface area contributed by atoms with Gasteiger partial charge in [-0.1, -0.05) is 0 Å². The first kappa shape index (κ1) is 11.7. The molecule has 0 bridgehead atoms. The number of halogens is 2. The standard InChI is InChI=1S/C11H13F2NOS/c12-8-2-3-10(13)9(6-8)11-7-16(15)5-1-4-14-11/h2-3,6,11,14H,1,4-5,7H2. The van der Waals surface area contributed by atoms with Crippen molar-refractivity contribution in [3.05, 3.63) is 35.4 Å². The summed E-state index contributed by atoms with van der Waals surface area (Å²) >= 11 is 0. The van der Waals surface area contributed by atoms with Gasteiger partial charge < -0.3 is 5.32 Å². The predicted octanol–water partition coefficient (Wildman–Crippen LogP) is 1.75. The molecule has 2 rings (SSSR count). The van der Waals surface area contributed by atoms with E-state index in [0.717, 1.165) is 18.6 Å². The van der Waals surface area contributed by atoms with Crippen LogP contribution in [0.2, 0.25) is 0 Å². The van der Waals surface area contributed by atoms with Gasteiger partial charge in [-0.15, -0.1) is 0 Å². The smallest absolute Gasteiger partial charge is 0.128 e. The van der Waals surface area contributed by atoms with E-state index in [-0.39, 0.29) is 11.6 Å². The van der Waals surface area contributed by atoms with Gasteiger partial charge in [-0.2, -0.15) is 0 Å². The van der Waals surface area contributed by atoms with Crippen LogP contribution in [-0.4, -0.2) is 22.3 Å². The first-order chi connectivity index (χ1) is 7.66. The molecule has 0 aromatic heterocycles. The average Bonchev–Trinajstić information content (AvgIpc) is 2.46. The summed E-state index contributed by atoms with van der Waals surface area (Å²) < 4.78 is 38.1. The molecule has 0 radical (unpaired) electrons. The van der Waals surface area contributed by atoms with Crippen LogP contribution in [0.4, 0.5) is 8.78 Å². The maximum Gasteiger partial charge on any atom is 0.128 e. The number of hydrogen-bond donors (Lipinski definition) is 1. The molecule has 1 aromatic carbocycles. The van der Waals surface area contributed by atoms with Crippen molar-refractivity contribution >= 4 is 10.8 Å². The van der Waals surface area contributed by atoms with E-state index in [4.69, 9.17) is 0 Å². The molecule has 1 aliphatic heterocycles. The third kappa shape index (κ3) is 2.65. The second-order valence-corrected chi connectivity index (χ2v) is 5.46. The highest BCUT2D eigenvalue weighted by Gasteiger charge is 2.21. The van der Waals surface area contributed by atoms with Crippen molar-refractivity contribution in [3.8, 4) is 0 Å². The Bertz CT molecular complexity index is 411. The summed E-state index contributed by atoms with van der Waals surface area (Å²) in [6.07, 6.45) is 0.806. The molecule has 5 heteroatoms. The van der Waals surface area contributed by atoms with E-state index in [1.54, 1.807) is 0 Å². The zero-order valence-corrected chi connectivity index (χ0v) is 9.53. The molecule has 16 heavy (non-hydrogen) atoms. The van der Waals surface area contributed by atoms with Crippen molar-refractivity contribution in [2.75, 3.05) is 18.1 Å². The number of hydrogen-bond acceptors (Lipinski definition) is 2. The molecule has 1 N–H and O–H groups in total. The van der Waals surface area contributed by atoms with Gasteiger partial charge in [0.1, 0.15) is 11.6 Å². The molecular weight excluding hydrogens is 232 g/mol. The Morgan fingerprint density at radius 1 is 1.38 bits per heavy atom. The summed E-state index contributed by atoms with van der Waals surface area (Å²) in [7, 11) is -0.955. The van der Waals surface area contributed by atoms with Crippen LogP contribution in [0.5, 0.6) is 0 Å². The molecule has 2 atom stereocenters. The highest BCUT2D eigenvalue weighted by atomic mass is 32.2. The van der Waals surface area contributed by atoms with Crippen LogP contribution < -0.4 is 5.32 Å². The van der Waals surface area contributed by atoms with Crippen molar-refractivity contribution in [2.24, 2.45) is 0 Å². The normalized spacial score (nSPS) is 26.4. The fourth-order valence-corrected chi connectivity index (χ4v) is 3.12. The third-order valence-electron chi connectivity index (χ3n) is 2.63. The molecular formula is C11H13F2NOS. The highest BCUT2D eigenvalue weighted by Crippen LogP contribution is 2.21. The van der Waals surface area contributed by atoms with Crippen LogP contribution in [0, 0.1) is 11.6 Å². The Labute approximate surface area is 95.5 Å². The van der Waals surface area contributed by atoms with Gasteiger partial charge in [0.15, 0.2) is 0 Å². The van der Waals surface area contributed by atoms with Gasteiger partial charge in [-0.25, -0.2) is 8.78 Å². The molecule has 0 aliphatic carbocycles. The zero-order valence-electron chi connectivity index (χ0n) is 8.71. The third-order valence-corrected chi connectivity index (χ3v) is 4.07. The SMILES string of the molecule is O=S1CCCNC(c2cc(F)ccc2F)C1. The molecule has 1 aromatic rings. The summed E-state index contributed by atoms with van der Waals surface area (Å²) in [4.78, 5) is 0. The topological polar surface area (TPSA) is 29.1 Å². The van der Waals surface area contributed by atoms with Crippen LogP contribution in [0.1, 0.15) is 18.0 Å². The van der Waals surface area contributed by atoms with Crippen LogP contribution in [0.25, 0.3) is 0 Å². The van der Waals surface area contributed by atoms with Gasteiger partial charge in [0, 0.05) is 33.9 Å². The van der Waals surface area contributed by atoms with Crippen molar-refractivity contribution in [3.63, 3.8) is 0 Å². The van der Waals surface area contributed by atoms with Crippen molar-refractivity contribution in [1.82, 2.24) is 5.32 Å². The van der Waals surface area contributed by atoms with Crippen molar-refractivity contribution in [1.29, 1.82) is 0 Å². The Morgan fingerprint density at radius 2 is 2.19 bits per heavy atom. The molecule has 2 unspecified atom stereocenters. The molecule has 1 aliphatic rings. The second kappa shape index (κ2) is 5.01. The van der Waals surface area contributed by atoms with Gasteiger partial charge >= 0.3 is 0 Å². The van der Waals surface area contributed by atoms with Gasteiger partial charge in [0.25, 0.3) is 0 Å². The summed E-state index contributed by atoms with van der Waals surface area (Å²) in [6.45, 7) is 0.687. The van der Waals surface area contributed by atoms with E-state index in [0.29, 0.717) is 18.1 Å². The monoisotopic (exact) mass is 245 g/mol. The lowest BCUT2D eigenvalue weighted by Crippen LogP contribution is -2.25. The van der Waals surface area contributed by atoms with E-state index in [9.17, 15) is 13.0 Å². The minimum absolute atomic E-state index is 0.273. The van der Waals surface area contributed by atoms with Crippen LogP contribution in [0.15, 0.2) is 18.2 Å². The predicted molar refractivity (Wildman–Crippen MR) is 59.6 cm³/mol. The first-order valence-corrected chi connectivity index (χ1v) is 6.69. The highest BCUT2D eigenvalue weighted by molar-refractivity contribution is 7.85. The number of benzene rings is 1. The van der Waals surface area contributed by atoms with E-state index >= 15 is 0 Å². The lowest BCUT2D eigenvalue weighted by atomic mass is 10.1. The molecule has 2 nitrogen and oxygen atoms in total. The molecule has 0 amide bonds. The molecule has 1 heterocycles. The number of nitrogens with one attached hydrogen (secondary N) is 1. The Balaban J connectivity index is 2.27. The molecule has 1 saturated heterocycles. The van der Waals surface area contributed by atoms with Gasteiger partial charge in [-0.3, -0.25) is 4.21 Å². The minimum Gasteiger partial charge on any atom is -0.309 e. The molecule has 0 spiro atoms. The molecule has 0 saturated carbocycles. The first-order valence-electron chi connectivity index (χ1n) is 5.20. The minimum atomic E-state index is -0.955. The van der Waals surface area contributed by atoms with Gasteiger partial charge in [0.05, 0.1) is 0 Å². The second-order valence-electron chi connectivity index (χ2n) is 3.84. The summed E-state index contributed by atoms with van der Waals surface area (Å²) in [6, 6.07) is 3.03. The summed E-state index contributed by atoms with van der Waals surface area (Å²) in [5.41, 5.74) is 0.273. The largest absolute Gasteiger partial charge is 0.309 e. The van der Waals surface area contributed by atoms with Crippen LogP contribution >= 0.6 is 0 Å². The quantitative estimate of drug-likeness (QED) is 0.816. The van der Waals surface area contributed by atoms with Gasteiger partial charge in [0.2, 0.25) is 0 Å². The maximum atomic E-state index is 13.5. The Kier molecular flexibility index (Phi) is 3.66. The lowest BCUT2D eigenvalue weighted by molar-refractivity contribution is 0.527. The summed E-state index contributed by atoms with van der Waals surface area (Å²) in [5, 5.41) is 3.10. The molecule has 1 fully saturated rings. The van der Waals surface area contributed by atoms with Crippen molar-refractivity contribution in [2.45, 2.75) is 12.5 Å². The average molecular weight is 245 g/mol. The summed E-state index contributed by atoms with van der Waals surface area (Å²) in [5.74, 6) is 0.0619. The Morgan fingerprint density at radius 3 is 3.00 bits per heavy atom. The molecule has 88 valence electrons. The Hall–Kier alpha value is -0.810. The lowest BCUT2D eigenvalue weighted by Gasteiger charge is -2.16. The van der Waals surface area contributed by atoms with Crippen LogP contribution in [0.3, 0.4) is 0 Å². The van der Waals surface area contributed by atoms with Crippen molar-refractivity contribution < 1.29 is 13.0 Å². The van der Waals surface area contributed by atoms with E-state index in [1.165, 1.54) is 6.07 Å². The van der Waals surface area contributed by atoms with Gasteiger partial charge in [-0.05, 0) is 31.2 Å². The van der Waals surface area contributed by atoms with E-state index < -0.39 is 22.4 Å². The maximum absolute atomic E-state index is 13.5. The van der Waals surface area contributed by atoms with E-state index in [1.807, 2.05) is 0 Å². The fourth-order valence-electron chi connectivity index (χ4n) is 1.82. The van der Waals surface area contributed by atoms with Crippen LogP contribution in [-0.2, 0) is 10.8 Å². The van der Waals surface area contributed by atoms with E-state index in [2.05, 4.69) is 5.32 Å². The fraction of sp³-hybridized carbons (Fsp3) is 0.455.